The molecule has 0 N–H and O–H groups in total. The second kappa shape index (κ2) is 5.16. The van der Waals surface area contributed by atoms with Crippen LogP contribution in [-0.2, 0) is 0 Å². The Morgan fingerprint density at radius 1 is 1.47 bits per heavy atom. The molecule has 0 spiro atoms. The molecule has 3 nitrogen and oxygen atoms in total. The number of hydrogen-bond acceptors (Lipinski definition) is 4. The number of methoxy groups -OCH3 is 1. The van der Waals surface area contributed by atoms with Gasteiger partial charge in [0.2, 0.25) is 5.88 Å². The molecular formula is C10H13BrN2OS. The SMILES string of the molecule is COc1nnc(C2CCCCS2)cc1Br. The first kappa shape index (κ1) is 11.2. The third kappa shape index (κ3) is 2.64. The molecule has 1 aliphatic heterocycles. The highest BCUT2D eigenvalue weighted by molar-refractivity contribution is 9.10. The fourth-order valence-electron chi connectivity index (χ4n) is 1.64. The fraction of sp³-hybridized carbons (Fsp3) is 0.600. The van der Waals surface area contributed by atoms with Crippen molar-refractivity contribution in [1.29, 1.82) is 0 Å². The van der Waals surface area contributed by atoms with Crippen molar-refractivity contribution >= 4 is 27.7 Å². The van der Waals surface area contributed by atoms with Crippen LogP contribution in [-0.4, -0.2) is 23.1 Å². The maximum atomic E-state index is 5.06. The fourth-order valence-corrected chi connectivity index (χ4v) is 3.39. The molecule has 0 bridgehead atoms. The average molecular weight is 289 g/mol. The quantitative estimate of drug-likeness (QED) is 0.837. The second-order valence-electron chi connectivity index (χ2n) is 3.48. The number of thioether (sulfide) groups is 1. The minimum absolute atomic E-state index is 0.508. The van der Waals surface area contributed by atoms with Crippen molar-refractivity contribution in [2.75, 3.05) is 12.9 Å². The van der Waals surface area contributed by atoms with Gasteiger partial charge in [0.05, 0.1) is 17.3 Å². The summed E-state index contributed by atoms with van der Waals surface area (Å²) in [5.74, 6) is 1.79. The number of aromatic nitrogens is 2. The van der Waals surface area contributed by atoms with E-state index in [1.54, 1.807) is 7.11 Å². The minimum atomic E-state index is 0.508. The van der Waals surface area contributed by atoms with Crippen LogP contribution in [0.5, 0.6) is 5.88 Å². The molecule has 1 aliphatic rings. The highest BCUT2D eigenvalue weighted by Gasteiger charge is 2.19. The van der Waals surface area contributed by atoms with Gasteiger partial charge in [0.15, 0.2) is 0 Å². The molecule has 1 atom stereocenters. The van der Waals surface area contributed by atoms with Crippen molar-refractivity contribution in [1.82, 2.24) is 10.2 Å². The standard InChI is InChI=1S/C10H13BrN2OS/c1-14-10-7(11)6-8(12-13-10)9-4-2-3-5-15-9/h6,9H,2-5H2,1H3. The van der Waals surface area contributed by atoms with Crippen LogP contribution < -0.4 is 4.74 Å². The monoisotopic (exact) mass is 288 g/mol. The molecule has 0 amide bonds. The van der Waals surface area contributed by atoms with Gasteiger partial charge < -0.3 is 4.74 Å². The molecule has 0 aromatic carbocycles. The smallest absolute Gasteiger partial charge is 0.247 e. The summed E-state index contributed by atoms with van der Waals surface area (Å²) in [4.78, 5) is 0. The Bertz CT molecular complexity index is 342. The van der Waals surface area contributed by atoms with Crippen LogP contribution >= 0.6 is 27.7 Å². The molecule has 1 aromatic heterocycles. The summed E-state index contributed by atoms with van der Waals surface area (Å²) in [6, 6.07) is 2.02. The van der Waals surface area contributed by atoms with Gasteiger partial charge in [-0.25, -0.2) is 0 Å². The lowest BCUT2D eigenvalue weighted by atomic mass is 10.1. The second-order valence-corrected chi connectivity index (χ2v) is 5.65. The lowest BCUT2D eigenvalue weighted by Gasteiger charge is -2.20. The van der Waals surface area contributed by atoms with Crippen molar-refractivity contribution in [3.05, 3.63) is 16.2 Å². The largest absolute Gasteiger partial charge is 0.479 e. The summed E-state index contributed by atoms with van der Waals surface area (Å²) in [5.41, 5.74) is 1.06. The van der Waals surface area contributed by atoms with Crippen molar-refractivity contribution in [3.8, 4) is 5.88 Å². The first-order valence-electron chi connectivity index (χ1n) is 5.00. The molecule has 0 radical (unpaired) electrons. The maximum Gasteiger partial charge on any atom is 0.247 e. The van der Waals surface area contributed by atoms with Gasteiger partial charge in [-0.15, -0.1) is 5.10 Å². The lowest BCUT2D eigenvalue weighted by Crippen LogP contribution is -2.06. The number of halogens is 1. The predicted octanol–water partition coefficient (Wildman–Crippen LogP) is 3.21. The maximum absolute atomic E-state index is 5.06. The first-order chi connectivity index (χ1) is 7.31. The Kier molecular flexibility index (Phi) is 3.86. The topological polar surface area (TPSA) is 35.0 Å². The van der Waals surface area contributed by atoms with Gasteiger partial charge in [-0.3, -0.25) is 0 Å². The summed E-state index contributed by atoms with van der Waals surface area (Å²) in [6.07, 6.45) is 3.83. The van der Waals surface area contributed by atoms with Crippen LogP contribution in [0.25, 0.3) is 0 Å². The molecular weight excluding hydrogens is 276 g/mol. The molecule has 1 fully saturated rings. The number of hydrogen-bond donors (Lipinski definition) is 0. The molecule has 1 saturated heterocycles. The Labute approximate surface area is 102 Å². The van der Waals surface area contributed by atoms with Gasteiger partial charge in [-0.1, -0.05) is 6.42 Å². The third-order valence-electron chi connectivity index (χ3n) is 2.44. The van der Waals surface area contributed by atoms with Crippen LogP contribution in [0.2, 0.25) is 0 Å². The van der Waals surface area contributed by atoms with E-state index in [1.807, 2.05) is 17.8 Å². The summed E-state index contributed by atoms with van der Waals surface area (Å²) in [7, 11) is 1.60. The van der Waals surface area contributed by atoms with Crippen LogP contribution in [0, 0.1) is 0 Å². The Morgan fingerprint density at radius 2 is 2.33 bits per heavy atom. The molecule has 5 heteroatoms. The zero-order valence-corrected chi connectivity index (χ0v) is 11.0. The van der Waals surface area contributed by atoms with Gasteiger partial charge in [0, 0.05) is 5.25 Å². The van der Waals surface area contributed by atoms with Crippen LogP contribution in [0.1, 0.15) is 30.2 Å². The molecule has 2 rings (SSSR count). The minimum Gasteiger partial charge on any atom is -0.479 e. The molecule has 82 valence electrons. The lowest BCUT2D eigenvalue weighted by molar-refractivity contribution is 0.387. The van der Waals surface area contributed by atoms with E-state index in [9.17, 15) is 0 Å². The summed E-state index contributed by atoms with van der Waals surface area (Å²) >= 11 is 5.41. The van der Waals surface area contributed by atoms with Crippen LogP contribution in [0.4, 0.5) is 0 Å². The Hall–Kier alpha value is -0.290. The molecule has 0 aliphatic carbocycles. The van der Waals surface area contributed by atoms with Gasteiger partial charge >= 0.3 is 0 Å². The number of rotatable bonds is 2. The summed E-state index contributed by atoms with van der Waals surface area (Å²) < 4.78 is 5.95. The van der Waals surface area contributed by atoms with E-state index in [4.69, 9.17) is 4.74 Å². The molecule has 2 heterocycles. The first-order valence-corrected chi connectivity index (χ1v) is 6.84. The Morgan fingerprint density at radius 3 is 2.93 bits per heavy atom. The highest BCUT2D eigenvalue weighted by atomic mass is 79.9. The average Bonchev–Trinajstić information content (AvgIpc) is 2.30. The van der Waals surface area contributed by atoms with E-state index in [1.165, 1.54) is 25.0 Å². The number of ether oxygens (including phenoxy) is 1. The van der Waals surface area contributed by atoms with Gasteiger partial charge in [-0.2, -0.15) is 16.9 Å². The normalized spacial score (nSPS) is 21.3. The van der Waals surface area contributed by atoms with Gasteiger partial charge in [-0.05, 0) is 40.6 Å². The Balaban J connectivity index is 2.17. The van der Waals surface area contributed by atoms with Crippen molar-refractivity contribution in [2.24, 2.45) is 0 Å². The van der Waals surface area contributed by atoms with Crippen molar-refractivity contribution in [2.45, 2.75) is 24.5 Å². The van der Waals surface area contributed by atoms with E-state index < -0.39 is 0 Å². The zero-order chi connectivity index (χ0) is 10.7. The van der Waals surface area contributed by atoms with E-state index in [2.05, 4.69) is 26.1 Å². The third-order valence-corrected chi connectivity index (χ3v) is 4.41. The number of nitrogens with zero attached hydrogens (tertiary/aromatic N) is 2. The highest BCUT2D eigenvalue weighted by Crippen LogP contribution is 2.38. The van der Waals surface area contributed by atoms with Crippen molar-refractivity contribution < 1.29 is 4.74 Å². The van der Waals surface area contributed by atoms with E-state index in [-0.39, 0.29) is 0 Å². The van der Waals surface area contributed by atoms with Crippen LogP contribution in [0.3, 0.4) is 0 Å². The van der Waals surface area contributed by atoms with E-state index in [0.29, 0.717) is 11.1 Å². The zero-order valence-electron chi connectivity index (χ0n) is 8.57. The van der Waals surface area contributed by atoms with Gasteiger partial charge in [0.1, 0.15) is 0 Å². The summed E-state index contributed by atoms with van der Waals surface area (Å²) in [6.45, 7) is 0. The molecule has 1 aromatic rings. The molecule has 1 unspecified atom stereocenters. The van der Waals surface area contributed by atoms with Crippen molar-refractivity contribution in [3.63, 3.8) is 0 Å². The summed E-state index contributed by atoms with van der Waals surface area (Å²) in [5, 5.41) is 8.76. The van der Waals surface area contributed by atoms with Crippen LogP contribution in [0.15, 0.2) is 10.5 Å². The van der Waals surface area contributed by atoms with E-state index >= 15 is 0 Å². The molecule has 15 heavy (non-hydrogen) atoms. The molecule has 0 saturated carbocycles. The van der Waals surface area contributed by atoms with Gasteiger partial charge in [0.25, 0.3) is 0 Å². The van der Waals surface area contributed by atoms with E-state index in [0.717, 1.165) is 10.2 Å². The predicted molar refractivity (Wildman–Crippen MR) is 65.3 cm³/mol.